The van der Waals surface area contributed by atoms with Gasteiger partial charge in [-0.05, 0) is 12.8 Å². The van der Waals surface area contributed by atoms with Crippen LogP contribution in [0.25, 0.3) is 0 Å². The van der Waals surface area contributed by atoms with Crippen LogP contribution in [0.4, 0.5) is 0 Å². The molecule has 0 aliphatic heterocycles. The molecule has 2 N–H and O–H groups in total. The molecule has 0 fully saturated rings. The number of unbranched alkanes of at least 4 members (excludes halogenated alkanes) is 1. The van der Waals surface area contributed by atoms with Gasteiger partial charge in [-0.25, -0.2) is 0 Å². The molecule has 0 aliphatic rings. The number of hydrogen-bond donors (Lipinski definition) is 1. The van der Waals surface area contributed by atoms with Gasteiger partial charge in [0.05, 0.1) is 0 Å². The third kappa shape index (κ3) is 4.34. The molecule has 0 saturated carbocycles. The lowest BCUT2D eigenvalue weighted by Crippen LogP contribution is -2.43. The number of hydrogen-bond acceptors (Lipinski definition) is 3. The van der Waals surface area contributed by atoms with Crippen LogP contribution >= 0.6 is 0 Å². The lowest BCUT2D eigenvalue weighted by molar-refractivity contribution is -0.157. The Balaban J connectivity index is 3.95. The highest BCUT2D eigenvalue weighted by Gasteiger charge is 2.24. The first-order valence-corrected chi connectivity index (χ1v) is 4.52. The number of ether oxygens (including phenoxy) is 1. The van der Waals surface area contributed by atoms with Gasteiger partial charge >= 0.3 is 5.97 Å². The zero-order chi connectivity index (χ0) is 9.61. The molecule has 0 aromatic heterocycles. The van der Waals surface area contributed by atoms with E-state index in [4.69, 9.17) is 10.5 Å². The zero-order valence-corrected chi connectivity index (χ0v) is 8.22. The van der Waals surface area contributed by atoms with E-state index in [-0.39, 0.29) is 5.97 Å². The Morgan fingerprint density at radius 1 is 1.50 bits per heavy atom. The number of nitrogens with two attached hydrogens (primary N) is 1. The number of rotatable bonds is 5. The molecule has 3 heteroatoms. The highest BCUT2D eigenvalue weighted by atomic mass is 16.6. The largest absolute Gasteiger partial charge is 0.444 e. The van der Waals surface area contributed by atoms with Crippen LogP contribution < -0.4 is 5.73 Å². The molecular formula is C9H19NO2. The van der Waals surface area contributed by atoms with E-state index in [1.165, 1.54) is 6.92 Å². The summed E-state index contributed by atoms with van der Waals surface area (Å²) in [5, 5.41) is 0. The van der Waals surface area contributed by atoms with E-state index in [1.54, 1.807) is 0 Å². The fourth-order valence-electron chi connectivity index (χ4n) is 1.06. The Bertz CT molecular complexity index is 147. The average molecular weight is 173 g/mol. The molecule has 0 radical (unpaired) electrons. The fourth-order valence-corrected chi connectivity index (χ4v) is 1.06. The molecule has 0 aliphatic carbocycles. The summed E-state index contributed by atoms with van der Waals surface area (Å²) in [7, 11) is 0. The maximum atomic E-state index is 10.7. The van der Waals surface area contributed by atoms with E-state index >= 15 is 0 Å². The maximum absolute atomic E-state index is 10.7. The Morgan fingerprint density at radius 2 is 2.08 bits per heavy atom. The van der Waals surface area contributed by atoms with Crippen molar-refractivity contribution in [1.82, 2.24) is 0 Å². The summed E-state index contributed by atoms with van der Waals surface area (Å²) in [4.78, 5) is 10.7. The van der Waals surface area contributed by atoms with Gasteiger partial charge in [0, 0.05) is 13.3 Å². The molecule has 0 aromatic carbocycles. The summed E-state index contributed by atoms with van der Waals surface area (Å²) >= 11 is 0. The third-order valence-corrected chi connectivity index (χ3v) is 1.90. The van der Waals surface area contributed by atoms with Crippen LogP contribution in [0, 0.1) is 0 Å². The van der Waals surface area contributed by atoms with Crippen LogP contribution in [0.3, 0.4) is 0 Å². The zero-order valence-electron chi connectivity index (χ0n) is 8.22. The van der Waals surface area contributed by atoms with Gasteiger partial charge in [-0.2, -0.15) is 0 Å². The molecule has 0 amide bonds. The van der Waals surface area contributed by atoms with Gasteiger partial charge in [-0.3, -0.25) is 10.5 Å². The van der Waals surface area contributed by atoms with Crippen LogP contribution in [0.5, 0.6) is 0 Å². The van der Waals surface area contributed by atoms with Gasteiger partial charge in [-0.1, -0.05) is 20.3 Å². The van der Waals surface area contributed by atoms with Gasteiger partial charge in [0.25, 0.3) is 0 Å². The molecular weight excluding hydrogens is 154 g/mol. The van der Waals surface area contributed by atoms with E-state index in [1.807, 2.05) is 6.92 Å². The molecule has 72 valence electrons. The number of carbonyl (C=O) groups is 1. The fraction of sp³-hybridized carbons (Fsp3) is 0.889. The molecule has 0 rings (SSSR count). The summed E-state index contributed by atoms with van der Waals surface area (Å²) in [6, 6.07) is 0. The number of esters is 1. The standard InChI is InChI=1S/C9H19NO2/c1-4-6-7-9(10,5-2)12-8(3)11/h4-7,10H2,1-3H3. The Kier molecular flexibility index (Phi) is 4.90. The highest BCUT2D eigenvalue weighted by Crippen LogP contribution is 2.16. The van der Waals surface area contributed by atoms with E-state index < -0.39 is 5.72 Å². The second-order valence-electron chi connectivity index (χ2n) is 3.12. The SMILES string of the molecule is CCCCC(N)(CC)OC(C)=O. The van der Waals surface area contributed by atoms with Gasteiger partial charge < -0.3 is 4.74 Å². The summed E-state index contributed by atoms with van der Waals surface area (Å²) in [6.07, 6.45) is 3.49. The first-order chi connectivity index (χ1) is 5.54. The predicted octanol–water partition coefficient (Wildman–Crippen LogP) is 1.80. The molecule has 0 aromatic rings. The minimum atomic E-state index is -0.734. The second kappa shape index (κ2) is 5.14. The van der Waals surface area contributed by atoms with Crippen molar-refractivity contribution < 1.29 is 9.53 Å². The molecule has 12 heavy (non-hydrogen) atoms. The second-order valence-corrected chi connectivity index (χ2v) is 3.12. The first-order valence-electron chi connectivity index (χ1n) is 4.52. The minimum Gasteiger partial charge on any atom is -0.444 e. The van der Waals surface area contributed by atoms with Crippen LogP contribution in [0.2, 0.25) is 0 Å². The van der Waals surface area contributed by atoms with Crippen molar-refractivity contribution in [3.63, 3.8) is 0 Å². The van der Waals surface area contributed by atoms with E-state index in [0.717, 1.165) is 19.3 Å². The minimum absolute atomic E-state index is 0.296. The van der Waals surface area contributed by atoms with Crippen LogP contribution in [0.1, 0.15) is 46.5 Å². The predicted molar refractivity (Wildman–Crippen MR) is 48.5 cm³/mol. The van der Waals surface area contributed by atoms with Crippen molar-refractivity contribution in [2.45, 2.75) is 52.2 Å². The Hall–Kier alpha value is -0.570. The topological polar surface area (TPSA) is 52.3 Å². The molecule has 1 atom stereocenters. The van der Waals surface area contributed by atoms with Crippen LogP contribution in [0.15, 0.2) is 0 Å². The van der Waals surface area contributed by atoms with Crippen molar-refractivity contribution in [1.29, 1.82) is 0 Å². The van der Waals surface area contributed by atoms with E-state index in [0.29, 0.717) is 6.42 Å². The molecule has 0 spiro atoms. The normalized spacial score (nSPS) is 15.3. The summed E-state index contributed by atoms with van der Waals surface area (Å²) in [6.45, 7) is 5.41. The number of carbonyl (C=O) groups excluding carboxylic acids is 1. The van der Waals surface area contributed by atoms with Gasteiger partial charge in [0.2, 0.25) is 0 Å². The van der Waals surface area contributed by atoms with Crippen molar-refractivity contribution in [3.8, 4) is 0 Å². The molecule has 3 nitrogen and oxygen atoms in total. The van der Waals surface area contributed by atoms with Crippen molar-refractivity contribution >= 4 is 5.97 Å². The Labute approximate surface area is 74.3 Å². The monoisotopic (exact) mass is 173 g/mol. The van der Waals surface area contributed by atoms with Crippen LogP contribution in [-0.2, 0) is 9.53 Å². The first kappa shape index (κ1) is 11.4. The van der Waals surface area contributed by atoms with E-state index in [9.17, 15) is 4.79 Å². The van der Waals surface area contributed by atoms with Gasteiger partial charge in [-0.15, -0.1) is 0 Å². The van der Waals surface area contributed by atoms with Gasteiger partial charge in [0.15, 0.2) is 5.72 Å². The van der Waals surface area contributed by atoms with Crippen molar-refractivity contribution in [3.05, 3.63) is 0 Å². The molecule has 0 saturated heterocycles. The van der Waals surface area contributed by atoms with E-state index in [2.05, 4.69) is 6.92 Å². The average Bonchev–Trinajstić information content (AvgIpc) is 2.00. The lowest BCUT2D eigenvalue weighted by Gasteiger charge is -2.27. The molecule has 0 heterocycles. The quantitative estimate of drug-likeness (QED) is 0.509. The smallest absolute Gasteiger partial charge is 0.304 e. The van der Waals surface area contributed by atoms with Gasteiger partial charge in [0.1, 0.15) is 0 Å². The molecule has 0 bridgehead atoms. The maximum Gasteiger partial charge on any atom is 0.304 e. The van der Waals surface area contributed by atoms with Crippen molar-refractivity contribution in [2.24, 2.45) is 5.73 Å². The highest BCUT2D eigenvalue weighted by molar-refractivity contribution is 5.66. The van der Waals surface area contributed by atoms with Crippen LogP contribution in [-0.4, -0.2) is 11.7 Å². The molecule has 1 unspecified atom stereocenters. The third-order valence-electron chi connectivity index (χ3n) is 1.90. The lowest BCUT2D eigenvalue weighted by atomic mass is 10.0. The summed E-state index contributed by atoms with van der Waals surface area (Å²) < 4.78 is 5.03. The Morgan fingerprint density at radius 3 is 2.42 bits per heavy atom. The van der Waals surface area contributed by atoms with Crippen molar-refractivity contribution in [2.75, 3.05) is 0 Å². The summed E-state index contributed by atoms with van der Waals surface area (Å²) in [5.41, 5.74) is 5.11. The summed E-state index contributed by atoms with van der Waals surface area (Å²) in [5.74, 6) is -0.296.